The molecule has 17 heavy (non-hydrogen) atoms. The second kappa shape index (κ2) is 5.37. The summed E-state index contributed by atoms with van der Waals surface area (Å²) in [7, 11) is -1.99. The van der Waals surface area contributed by atoms with Gasteiger partial charge in [-0.1, -0.05) is 32.4 Å². The lowest BCUT2D eigenvalue weighted by Gasteiger charge is -2.19. The van der Waals surface area contributed by atoms with Crippen LogP contribution in [0.15, 0.2) is 11.4 Å². The van der Waals surface area contributed by atoms with Gasteiger partial charge in [0.2, 0.25) is 5.03 Å². The van der Waals surface area contributed by atoms with E-state index >= 15 is 0 Å². The zero-order valence-corrected chi connectivity index (χ0v) is 12.0. The number of nitrogens with one attached hydrogen (secondary N) is 1. The topological polar surface area (TPSA) is 64.0 Å². The zero-order valence-electron chi connectivity index (χ0n) is 10.4. The summed E-state index contributed by atoms with van der Waals surface area (Å²) >= 11 is 5.88. The Kier molecular flexibility index (Phi) is 4.57. The van der Waals surface area contributed by atoms with Gasteiger partial charge < -0.3 is 4.57 Å². The van der Waals surface area contributed by atoms with Crippen LogP contribution in [0.4, 0.5) is 0 Å². The Balaban J connectivity index is 3.00. The maximum Gasteiger partial charge on any atom is 0.261 e. The standard InChI is InChI=1S/C10H18ClN3O2S/c1-5-8(7(2)3)13-17(15,16)10-9(11)14(4)6-12-10/h6-8,13H,5H2,1-4H3. The van der Waals surface area contributed by atoms with Gasteiger partial charge in [0.05, 0.1) is 6.33 Å². The molecule has 1 atom stereocenters. The van der Waals surface area contributed by atoms with Crippen molar-refractivity contribution in [1.29, 1.82) is 0 Å². The van der Waals surface area contributed by atoms with Crippen LogP contribution in [-0.2, 0) is 17.1 Å². The van der Waals surface area contributed by atoms with Crippen LogP contribution >= 0.6 is 11.6 Å². The number of imidazole rings is 1. The summed E-state index contributed by atoms with van der Waals surface area (Å²) in [6, 6.07) is -0.113. The monoisotopic (exact) mass is 279 g/mol. The summed E-state index contributed by atoms with van der Waals surface area (Å²) in [6.07, 6.45) is 2.11. The maximum atomic E-state index is 12.1. The number of sulfonamides is 1. The molecule has 1 aromatic rings. The van der Waals surface area contributed by atoms with Crippen molar-refractivity contribution in [1.82, 2.24) is 14.3 Å². The van der Waals surface area contributed by atoms with Crippen LogP contribution in [0.25, 0.3) is 0 Å². The van der Waals surface area contributed by atoms with Crippen molar-refractivity contribution in [3.63, 3.8) is 0 Å². The molecular formula is C10H18ClN3O2S. The van der Waals surface area contributed by atoms with Crippen molar-refractivity contribution in [3.8, 4) is 0 Å². The van der Waals surface area contributed by atoms with Gasteiger partial charge in [-0.25, -0.2) is 18.1 Å². The molecule has 98 valence electrons. The molecule has 0 aliphatic heterocycles. The third-order valence-electron chi connectivity index (χ3n) is 2.64. The highest BCUT2D eigenvalue weighted by molar-refractivity contribution is 7.89. The van der Waals surface area contributed by atoms with Gasteiger partial charge in [-0.2, -0.15) is 0 Å². The van der Waals surface area contributed by atoms with Crippen molar-refractivity contribution in [2.75, 3.05) is 0 Å². The number of rotatable bonds is 5. The van der Waals surface area contributed by atoms with Gasteiger partial charge >= 0.3 is 0 Å². The fraction of sp³-hybridized carbons (Fsp3) is 0.700. The molecule has 7 heteroatoms. The SMILES string of the molecule is CCC(NS(=O)(=O)c1ncn(C)c1Cl)C(C)C. The molecule has 5 nitrogen and oxygen atoms in total. The lowest BCUT2D eigenvalue weighted by Crippen LogP contribution is -2.38. The first kappa shape index (κ1) is 14.5. The van der Waals surface area contributed by atoms with Gasteiger partial charge in [0.25, 0.3) is 10.0 Å². The van der Waals surface area contributed by atoms with E-state index in [9.17, 15) is 8.42 Å². The van der Waals surface area contributed by atoms with Crippen LogP contribution < -0.4 is 4.72 Å². The zero-order chi connectivity index (χ0) is 13.2. The Labute approximate surface area is 107 Å². The molecule has 1 N–H and O–H groups in total. The predicted molar refractivity (Wildman–Crippen MR) is 67.5 cm³/mol. The van der Waals surface area contributed by atoms with Gasteiger partial charge in [0.15, 0.2) is 0 Å². The first-order valence-corrected chi connectivity index (χ1v) is 7.34. The van der Waals surface area contributed by atoms with E-state index in [0.717, 1.165) is 6.42 Å². The van der Waals surface area contributed by atoms with E-state index in [2.05, 4.69) is 9.71 Å². The molecule has 0 saturated heterocycles. The van der Waals surface area contributed by atoms with Crippen LogP contribution in [-0.4, -0.2) is 24.0 Å². The fourth-order valence-electron chi connectivity index (χ4n) is 1.52. The van der Waals surface area contributed by atoms with Crippen LogP contribution in [0.2, 0.25) is 5.15 Å². The van der Waals surface area contributed by atoms with E-state index in [1.807, 2.05) is 20.8 Å². The first-order chi connectivity index (χ1) is 7.79. The van der Waals surface area contributed by atoms with Crippen LogP contribution in [0.5, 0.6) is 0 Å². The number of halogens is 1. The highest BCUT2D eigenvalue weighted by Gasteiger charge is 2.26. The number of hydrogen-bond donors (Lipinski definition) is 1. The molecule has 0 aromatic carbocycles. The summed E-state index contributed by atoms with van der Waals surface area (Å²) in [5, 5.41) is 0.0110. The molecule has 0 aliphatic rings. The largest absolute Gasteiger partial charge is 0.324 e. The second-order valence-corrected chi connectivity index (χ2v) is 6.32. The molecule has 0 spiro atoms. The molecule has 1 heterocycles. The van der Waals surface area contributed by atoms with E-state index in [1.165, 1.54) is 10.9 Å². The minimum Gasteiger partial charge on any atom is -0.324 e. The Morgan fingerprint density at radius 3 is 2.47 bits per heavy atom. The molecule has 0 bridgehead atoms. The average molecular weight is 280 g/mol. The van der Waals surface area contributed by atoms with Crippen molar-refractivity contribution in [2.24, 2.45) is 13.0 Å². The lowest BCUT2D eigenvalue weighted by atomic mass is 10.0. The normalized spacial score (nSPS) is 14.2. The molecule has 0 amide bonds. The Morgan fingerprint density at radius 2 is 2.12 bits per heavy atom. The van der Waals surface area contributed by atoms with E-state index in [4.69, 9.17) is 11.6 Å². The minimum absolute atomic E-state index is 0.110. The third-order valence-corrected chi connectivity index (χ3v) is 4.62. The highest BCUT2D eigenvalue weighted by atomic mass is 35.5. The van der Waals surface area contributed by atoms with Gasteiger partial charge in [0.1, 0.15) is 5.15 Å². The fourth-order valence-corrected chi connectivity index (χ4v) is 3.42. The van der Waals surface area contributed by atoms with Gasteiger partial charge in [-0.3, -0.25) is 0 Å². The summed E-state index contributed by atoms with van der Waals surface area (Å²) in [6.45, 7) is 5.88. The average Bonchev–Trinajstić information content (AvgIpc) is 2.56. The quantitative estimate of drug-likeness (QED) is 0.894. The highest BCUT2D eigenvalue weighted by Crippen LogP contribution is 2.19. The summed E-state index contributed by atoms with van der Waals surface area (Å²) in [5.74, 6) is 0.220. The third kappa shape index (κ3) is 3.20. The lowest BCUT2D eigenvalue weighted by molar-refractivity contribution is 0.436. The van der Waals surface area contributed by atoms with Crippen molar-refractivity contribution in [2.45, 2.75) is 38.3 Å². The van der Waals surface area contributed by atoms with Gasteiger partial charge in [-0.05, 0) is 12.3 Å². The summed E-state index contributed by atoms with van der Waals surface area (Å²) in [4.78, 5) is 3.81. The number of aromatic nitrogens is 2. The Bertz CT molecular complexity index is 482. The Hall–Kier alpha value is -0.590. The molecule has 0 aliphatic carbocycles. The molecule has 1 unspecified atom stereocenters. The van der Waals surface area contributed by atoms with Crippen molar-refractivity contribution < 1.29 is 8.42 Å². The van der Waals surface area contributed by atoms with Crippen LogP contribution in [0, 0.1) is 5.92 Å². The van der Waals surface area contributed by atoms with E-state index in [-0.39, 0.29) is 22.1 Å². The van der Waals surface area contributed by atoms with Gasteiger partial charge in [0, 0.05) is 13.1 Å². The summed E-state index contributed by atoms with van der Waals surface area (Å²) in [5.41, 5.74) is 0. The molecular weight excluding hydrogens is 262 g/mol. The molecule has 0 radical (unpaired) electrons. The van der Waals surface area contributed by atoms with E-state index in [1.54, 1.807) is 7.05 Å². The van der Waals surface area contributed by atoms with Crippen molar-refractivity contribution in [3.05, 3.63) is 11.5 Å². The molecule has 0 fully saturated rings. The number of hydrogen-bond acceptors (Lipinski definition) is 3. The van der Waals surface area contributed by atoms with E-state index in [0.29, 0.717) is 0 Å². The first-order valence-electron chi connectivity index (χ1n) is 5.48. The van der Waals surface area contributed by atoms with Crippen LogP contribution in [0.3, 0.4) is 0 Å². The number of aryl methyl sites for hydroxylation is 1. The van der Waals surface area contributed by atoms with E-state index < -0.39 is 10.0 Å². The maximum absolute atomic E-state index is 12.1. The molecule has 1 rings (SSSR count). The molecule has 1 aromatic heterocycles. The van der Waals surface area contributed by atoms with Crippen molar-refractivity contribution >= 4 is 21.6 Å². The smallest absolute Gasteiger partial charge is 0.261 e. The summed E-state index contributed by atoms with van der Waals surface area (Å²) < 4.78 is 28.2. The Morgan fingerprint density at radius 1 is 1.53 bits per heavy atom. The number of nitrogens with zero attached hydrogens (tertiary/aromatic N) is 2. The second-order valence-electron chi connectivity index (χ2n) is 4.33. The molecule has 0 saturated carbocycles. The van der Waals surface area contributed by atoms with Gasteiger partial charge in [-0.15, -0.1) is 0 Å². The van der Waals surface area contributed by atoms with Crippen LogP contribution in [0.1, 0.15) is 27.2 Å². The predicted octanol–water partition coefficient (Wildman–Crippen LogP) is 1.79. The minimum atomic E-state index is -3.64.